The summed E-state index contributed by atoms with van der Waals surface area (Å²) in [6.07, 6.45) is 20.2. The van der Waals surface area contributed by atoms with Crippen molar-refractivity contribution in [3.63, 3.8) is 0 Å². The monoisotopic (exact) mass is 480 g/mol. The molecule has 1 unspecified atom stereocenters. The third-order valence-corrected chi connectivity index (χ3v) is 5.91. The maximum Gasteiger partial charge on any atom is 0.399 e. The minimum Gasteiger partial charge on any atom is -0.391 e. The second-order valence-electron chi connectivity index (χ2n) is 7.99. The SMILES string of the molecule is CCCCCCCC/C=C\CCCCCCCC(=O)NCCC(O)COS(=O)(=O)OC.N. The Hall–Kier alpha value is -1.00. The highest BCUT2D eigenvalue weighted by Crippen LogP contribution is 2.10. The van der Waals surface area contributed by atoms with E-state index in [1.54, 1.807) is 0 Å². The third kappa shape index (κ3) is 23.7. The lowest BCUT2D eigenvalue weighted by Crippen LogP contribution is -2.29. The fourth-order valence-corrected chi connectivity index (χ4v) is 3.54. The quantitative estimate of drug-likeness (QED) is 0.147. The molecule has 192 valence electrons. The van der Waals surface area contributed by atoms with Crippen molar-refractivity contribution in [1.29, 1.82) is 0 Å². The lowest BCUT2D eigenvalue weighted by atomic mass is 10.1. The average Bonchev–Trinajstić information content (AvgIpc) is 2.75. The van der Waals surface area contributed by atoms with Crippen LogP contribution in [0.4, 0.5) is 0 Å². The maximum atomic E-state index is 11.8. The first kappa shape index (κ1) is 33.2. The maximum absolute atomic E-state index is 11.8. The van der Waals surface area contributed by atoms with Gasteiger partial charge in [-0.2, -0.15) is 8.42 Å². The highest BCUT2D eigenvalue weighted by molar-refractivity contribution is 7.81. The highest BCUT2D eigenvalue weighted by atomic mass is 32.3. The van der Waals surface area contributed by atoms with Crippen LogP contribution in [-0.2, 0) is 23.6 Å². The van der Waals surface area contributed by atoms with Crippen molar-refractivity contribution in [3.8, 4) is 0 Å². The van der Waals surface area contributed by atoms with Crippen LogP contribution >= 0.6 is 0 Å². The molecule has 0 saturated carbocycles. The molecule has 32 heavy (non-hydrogen) atoms. The number of rotatable bonds is 22. The molecule has 0 heterocycles. The van der Waals surface area contributed by atoms with Gasteiger partial charge in [-0.05, 0) is 38.5 Å². The smallest absolute Gasteiger partial charge is 0.391 e. The van der Waals surface area contributed by atoms with Gasteiger partial charge in [0.05, 0.1) is 19.8 Å². The van der Waals surface area contributed by atoms with Gasteiger partial charge in [-0.3, -0.25) is 8.98 Å². The molecule has 8 nitrogen and oxygen atoms in total. The molecule has 0 aliphatic carbocycles. The Morgan fingerprint density at radius 1 is 0.938 bits per heavy atom. The Kier molecular flexibility index (Phi) is 24.0. The van der Waals surface area contributed by atoms with Gasteiger partial charge in [0, 0.05) is 13.0 Å². The first-order chi connectivity index (χ1) is 14.9. The molecule has 0 spiro atoms. The number of aliphatic hydroxyl groups excluding tert-OH is 1. The van der Waals surface area contributed by atoms with Gasteiger partial charge in [0.25, 0.3) is 0 Å². The van der Waals surface area contributed by atoms with E-state index < -0.39 is 16.5 Å². The van der Waals surface area contributed by atoms with Crippen LogP contribution in [0.15, 0.2) is 12.2 Å². The van der Waals surface area contributed by atoms with Crippen molar-refractivity contribution in [2.75, 3.05) is 20.3 Å². The lowest BCUT2D eigenvalue weighted by molar-refractivity contribution is -0.121. The van der Waals surface area contributed by atoms with E-state index in [2.05, 4.69) is 32.8 Å². The summed E-state index contributed by atoms with van der Waals surface area (Å²) in [5.41, 5.74) is 0. The molecule has 0 aromatic rings. The largest absolute Gasteiger partial charge is 0.399 e. The van der Waals surface area contributed by atoms with E-state index in [9.17, 15) is 18.3 Å². The molecule has 0 rings (SSSR count). The lowest BCUT2D eigenvalue weighted by Gasteiger charge is -2.11. The average molecular weight is 481 g/mol. The third-order valence-electron chi connectivity index (χ3n) is 5.07. The van der Waals surface area contributed by atoms with E-state index in [-0.39, 0.29) is 31.6 Å². The summed E-state index contributed by atoms with van der Waals surface area (Å²) >= 11 is 0. The Morgan fingerprint density at radius 2 is 1.47 bits per heavy atom. The minimum atomic E-state index is -4.04. The summed E-state index contributed by atoms with van der Waals surface area (Å²) in [7, 11) is -3.06. The van der Waals surface area contributed by atoms with E-state index in [0.29, 0.717) is 6.42 Å². The molecule has 0 aliphatic heterocycles. The van der Waals surface area contributed by atoms with Gasteiger partial charge in [0.2, 0.25) is 5.91 Å². The second-order valence-corrected chi connectivity index (χ2v) is 9.37. The van der Waals surface area contributed by atoms with Crippen LogP contribution in [0.1, 0.15) is 103 Å². The molecule has 0 radical (unpaired) electrons. The Labute approximate surface area is 196 Å². The molecule has 0 aromatic carbocycles. The number of unbranched alkanes of at least 4 members (excludes halogenated alkanes) is 11. The number of hydrogen-bond donors (Lipinski definition) is 3. The number of amides is 1. The van der Waals surface area contributed by atoms with Crippen molar-refractivity contribution < 1.29 is 26.7 Å². The van der Waals surface area contributed by atoms with Gasteiger partial charge in [-0.15, -0.1) is 0 Å². The number of allylic oxidation sites excluding steroid dienone is 2. The first-order valence-corrected chi connectivity index (χ1v) is 13.3. The van der Waals surface area contributed by atoms with Gasteiger partial charge >= 0.3 is 10.4 Å². The summed E-state index contributed by atoms with van der Waals surface area (Å²) in [6, 6.07) is 0. The van der Waals surface area contributed by atoms with Crippen LogP contribution in [-0.4, -0.2) is 45.8 Å². The summed E-state index contributed by atoms with van der Waals surface area (Å²) in [5, 5.41) is 12.4. The van der Waals surface area contributed by atoms with Crippen LogP contribution < -0.4 is 11.5 Å². The number of nitrogens with one attached hydrogen (secondary N) is 1. The van der Waals surface area contributed by atoms with Gasteiger partial charge < -0.3 is 16.6 Å². The molecule has 0 bridgehead atoms. The van der Waals surface area contributed by atoms with Crippen molar-refractivity contribution in [1.82, 2.24) is 11.5 Å². The Bertz CT molecular complexity index is 555. The number of carbonyl (C=O) groups excluding carboxylic acids is 1. The van der Waals surface area contributed by atoms with Gasteiger partial charge in [-0.25, -0.2) is 4.18 Å². The van der Waals surface area contributed by atoms with Crippen molar-refractivity contribution in [2.24, 2.45) is 0 Å². The van der Waals surface area contributed by atoms with Crippen LogP contribution in [0.2, 0.25) is 0 Å². The molecule has 0 fully saturated rings. The molecule has 5 N–H and O–H groups in total. The van der Waals surface area contributed by atoms with E-state index in [1.165, 1.54) is 57.8 Å². The van der Waals surface area contributed by atoms with Gasteiger partial charge in [0.15, 0.2) is 0 Å². The Balaban J connectivity index is 0. The van der Waals surface area contributed by atoms with E-state index in [1.807, 2.05) is 0 Å². The van der Waals surface area contributed by atoms with Crippen LogP contribution in [0.5, 0.6) is 0 Å². The number of aliphatic hydroxyl groups is 1. The predicted molar refractivity (Wildman–Crippen MR) is 130 cm³/mol. The van der Waals surface area contributed by atoms with Crippen LogP contribution in [0.3, 0.4) is 0 Å². The molecule has 1 atom stereocenters. The summed E-state index contributed by atoms with van der Waals surface area (Å²) in [5.74, 6) is -0.0461. The van der Waals surface area contributed by atoms with Crippen LogP contribution in [0, 0.1) is 0 Å². The molecule has 0 saturated heterocycles. The van der Waals surface area contributed by atoms with Gasteiger partial charge in [0.1, 0.15) is 0 Å². The fraction of sp³-hybridized carbons (Fsp3) is 0.870. The topological polar surface area (TPSA) is 137 Å². The van der Waals surface area contributed by atoms with E-state index >= 15 is 0 Å². The standard InChI is InChI=1S/C23H45NO6S.H3N/c1-3-4-5-6-7-8-9-10-11-12-13-14-15-16-17-18-23(26)24-20-19-22(25)21-30-31(27,28)29-2;/h10-11,22,25H,3-9,12-21H2,1-2H3,(H,24,26);1H3/b11-10-;. The normalized spacial score (nSPS) is 12.6. The minimum absolute atomic E-state index is 0. The van der Waals surface area contributed by atoms with E-state index in [0.717, 1.165) is 32.8 Å². The summed E-state index contributed by atoms with van der Waals surface area (Å²) in [6.45, 7) is 2.14. The second kappa shape index (κ2) is 23.2. The zero-order valence-corrected chi connectivity index (χ0v) is 21.2. The fourth-order valence-electron chi connectivity index (χ4n) is 3.12. The molecular formula is C23H48N2O6S. The molecular weight excluding hydrogens is 432 g/mol. The Morgan fingerprint density at radius 3 is 2.03 bits per heavy atom. The predicted octanol–water partition coefficient (Wildman–Crippen LogP) is 4.96. The van der Waals surface area contributed by atoms with Crippen molar-refractivity contribution >= 4 is 16.3 Å². The van der Waals surface area contributed by atoms with Crippen LogP contribution in [0.25, 0.3) is 0 Å². The molecule has 9 heteroatoms. The summed E-state index contributed by atoms with van der Waals surface area (Å²) in [4.78, 5) is 11.8. The zero-order valence-electron chi connectivity index (χ0n) is 20.4. The number of carbonyl (C=O) groups is 1. The molecule has 1 amide bonds. The van der Waals surface area contributed by atoms with Crippen molar-refractivity contribution in [2.45, 2.75) is 109 Å². The zero-order chi connectivity index (χ0) is 23.2. The molecule has 0 aliphatic rings. The first-order valence-electron chi connectivity index (χ1n) is 12.0. The van der Waals surface area contributed by atoms with E-state index in [4.69, 9.17) is 0 Å². The van der Waals surface area contributed by atoms with Gasteiger partial charge in [-0.1, -0.05) is 70.4 Å². The summed E-state index contributed by atoms with van der Waals surface area (Å²) < 4.78 is 30.5. The highest BCUT2D eigenvalue weighted by Gasteiger charge is 2.13. The number of hydrogen-bond acceptors (Lipinski definition) is 7. The molecule has 0 aromatic heterocycles. The van der Waals surface area contributed by atoms with Crippen molar-refractivity contribution in [3.05, 3.63) is 12.2 Å².